The minimum atomic E-state index is -0.795. The third-order valence-corrected chi connectivity index (χ3v) is 10.6. The number of carbonyl (C=O) groups is 3. The number of allylic oxidation sites excluding steroid dienone is 14. The van der Waals surface area contributed by atoms with Crippen molar-refractivity contribution in [3.05, 3.63) is 85.1 Å². The lowest BCUT2D eigenvalue weighted by Gasteiger charge is -2.18. The quantitative estimate of drug-likeness (QED) is 0.0263. The van der Waals surface area contributed by atoms with Crippen molar-refractivity contribution in [1.82, 2.24) is 0 Å². The fourth-order valence-corrected chi connectivity index (χ4v) is 6.83. The Morgan fingerprint density at radius 1 is 0.339 bits per heavy atom. The summed E-state index contributed by atoms with van der Waals surface area (Å²) in [7, 11) is 0. The molecule has 1 unspecified atom stereocenters. The van der Waals surface area contributed by atoms with Crippen LogP contribution in [0, 0.1) is 0 Å². The Hall–Kier alpha value is -3.41. The second-order valence-corrected chi connectivity index (χ2v) is 16.7. The van der Waals surface area contributed by atoms with E-state index in [1.807, 2.05) is 0 Å². The summed E-state index contributed by atoms with van der Waals surface area (Å²) in [5, 5.41) is 0. The van der Waals surface area contributed by atoms with E-state index in [1.165, 1.54) is 83.5 Å². The fourth-order valence-electron chi connectivity index (χ4n) is 6.83. The minimum absolute atomic E-state index is 0.0938. The van der Waals surface area contributed by atoms with Crippen LogP contribution in [0.2, 0.25) is 0 Å². The molecule has 0 radical (unpaired) electrons. The van der Waals surface area contributed by atoms with Crippen LogP contribution in [-0.2, 0) is 28.6 Å². The van der Waals surface area contributed by atoms with Crippen molar-refractivity contribution in [3.63, 3.8) is 0 Å². The molecule has 0 aliphatic carbocycles. The fraction of sp³-hybridized carbons (Fsp3) is 0.696. The predicted molar refractivity (Wildman–Crippen MR) is 265 cm³/mol. The Kier molecular flexibility index (Phi) is 47.5. The third-order valence-electron chi connectivity index (χ3n) is 10.6. The van der Waals surface area contributed by atoms with Gasteiger partial charge < -0.3 is 14.2 Å². The van der Waals surface area contributed by atoms with E-state index in [1.54, 1.807) is 0 Å². The second-order valence-electron chi connectivity index (χ2n) is 16.7. The summed E-state index contributed by atoms with van der Waals surface area (Å²) in [4.78, 5) is 37.9. The van der Waals surface area contributed by atoms with E-state index < -0.39 is 6.10 Å². The van der Waals surface area contributed by atoms with Crippen LogP contribution >= 0.6 is 0 Å². The van der Waals surface area contributed by atoms with Crippen LogP contribution in [0.3, 0.4) is 0 Å². The first-order valence-corrected chi connectivity index (χ1v) is 25.6. The highest BCUT2D eigenvalue weighted by Crippen LogP contribution is 2.14. The lowest BCUT2D eigenvalue weighted by Crippen LogP contribution is -2.30. The molecule has 0 rings (SSSR count). The standard InChI is InChI=1S/C56H94O6/c1-4-7-10-13-16-19-21-23-25-27-28-29-31-32-34-37-40-43-46-49-55(58)61-52-53(51-60-54(57)48-45-42-39-36-18-15-12-9-6-3)62-56(59)50-47-44-41-38-35-33-30-26-24-22-20-17-14-11-8-5-2/h7-8,10-11,16-17,19-20,23-26,36,39,53H,4-6,9,12-15,18,21-22,27-35,37-38,40-52H2,1-3H3/b10-7-,11-8-,19-16-,20-17-,25-23-,26-24-,39-36-. The number of rotatable bonds is 45. The van der Waals surface area contributed by atoms with Gasteiger partial charge in [0.2, 0.25) is 0 Å². The highest BCUT2D eigenvalue weighted by atomic mass is 16.6. The molecule has 0 saturated carbocycles. The molecule has 0 aromatic carbocycles. The molecule has 0 saturated heterocycles. The summed E-state index contributed by atoms with van der Waals surface area (Å²) in [5.74, 6) is -0.951. The van der Waals surface area contributed by atoms with Crippen LogP contribution < -0.4 is 0 Å². The van der Waals surface area contributed by atoms with Gasteiger partial charge in [-0.2, -0.15) is 0 Å². The van der Waals surface area contributed by atoms with Gasteiger partial charge in [0.15, 0.2) is 6.10 Å². The molecule has 6 heteroatoms. The SMILES string of the molecule is CC/C=C\C/C=C\C/C=C\CCCCCCCCCCCC(=O)OCC(COC(=O)CCC/C=C\CCCCCC)OC(=O)CCCCCCCC/C=C\C/C=C\C/C=C\CC. The zero-order valence-corrected chi connectivity index (χ0v) is 40.4. The number of hydrogen-bond acceptors (Lipinski definition) is 6. The van der Waals surface area contributed by atoms with Crippen molar-refractivity contribution in [1.29, 1.82) is 0 Å². The van der Waals surface area contributed by atoms with Gasteiger partial charge in [-0.15, -0.1) is 0 Å². The molecule has 0 bridgehead atoms. The summed E-state index contributed by atoms with van der Waals surface area (Å²) in [6.07, 6.45) is 64.3. The van der Waals surface area contributed by atoms with Gasteiger partial charge in [-0.25, -0.2) is 0 Å². The molecule has 0 aromatic heterocycles. The molecule has 6 nitrogen and oxygen atoms in total. The first kappa shape index (κ1) is 58.6. The normalized spacial score (nSPS) is 12.8. The van der Waals surface area contributed by atoms with Crippen LogP contribution in [-0.4, -0.2) is 37.2 Å². The molecule has 0 amide bonds. The van der Waals surface area contributed by atoms with Crippen molar-refractivity contribution < 1.29 is 28.6 Å². The van der Waals surface area contributed by atoms with E-state index in [0.717, 1.165) is 103 Å². The van der Waals surface area contributed by atoms with E-state index in [4.69, 9.17) is 14.2 Å². The van der Waals surface area contributed by atoms with Gasteiger partial charge in [-0.1, -0.05) is 196 Å². The topological polar surface area (TPSA) is 78.9 Å². The highest BCUT2D eigenvalue weighted by molar-refractivity contribution is 5.71. The second kappa shape index (κ2) is 50.2. The van der Waals surface area contributed by atoms with E-state index in [0.29, 0.717) is 25.7 Å². The predicted octanol–water partition coefficient (Wildman–Crippen LogP) is 16.8. The lowest BCUT2D eigenvalue weighted by atomic mass is 10.1. The van der Waals surface area contributed by atoms with Gasteiger partial charge in [0.25, 0.3) is 0 Å². The zero-order chi connectivity index (χ0) is 45.1. The largest absolute Gasteiger partial charge is 0.462 e. The molecule has 0 aromatic rings. The molecule has 0 aliphatic heterocycles. The molecule has 0 spiro atoms. The van der Waals surface area contributed by atoms with Gasteiger partial charge in [0.05, 0.1) is 0 Å². The molecule has 0 heterocycles. The van der Waals surface area contributed by atoms with E-state index in [9.17, 15) is 14.4 Å². The van der Waals surface area contributed by atoms with Crippen molar-refractivity contribution in [3.8, 4) is 0 Å². The van der Waals surface area contributed by atoms with Gasteiger partial charge in [0.1, 0.15) is 13.2 Å². The first-order valence-electron chi connectivity index (χ1n) is 25.6. The first-order chi connectivity index (χ1) is 30.5. The van der Waals surface area contributed by atoms with Crippen molar-refractivity contribution in [2.45, 2.75) is 239 Å². The Balaban J connectivity index is 4.36. The van der Waals surface area contributed by atoms with Crippen molar-refractivity contribution in [2.24, 2.45) is 0 Å². The smallest absolute Gasteiger partial charge is 0.306 e. The molecular weight excluding hydrogens is 769 g/mol. The number of hydrogen-bond donors (Lipinski definition) is 0. The summed E-state index contributed by atoms with van der Waals surface area (Å²) < 4.78 is 16.7. The van der Waals surface area contributed by atoms with Crippen molar-refractivity contribution in [2.75, 3.05) is 13.2 Å². The molecule has 1 atom stereocenters. The van der Waals surface area contributed by atoms with Crippen LogP contribution in [0.25, 0.3) is 0 Å². The van der Waals surface area contributed by atoms with Gasteiger partial charge >= 0.3 is 17.9 Å². The Morgan fingerprint density at radius 2 is 0.645 bits per heavy atom. The maximum Gasteiger partial charge on any atom is 0.306 e. The van der Waals surface area contributed by atoms with Gasteiger partial charge in [0, 0.05) is 19.3 Å². The average molecular weight is 863 g/mol. The Bertz CT molecular complexity index is 1220. The van der Waals surface area contributed by atoms with E-state index in [-0.39, 0.29) is 31.1 Å². The molecule has 0 N–H and O–H groups in total. The summed E-state index contributed by atoms with van der Waals surface area (Å²) in [5.41, 5.74) is 0. The number of unbranched alkanes of at least 4 members (excludes halogenated alkanes) is 20. The zero-order valence-electron chi connectivity index (χ0n) is 40.4. The van der Waals surface area contributed by atoms with Crippen molar-refractivity contribution >= 4 is 17.9 Å². The molecule has 0 fully saturated rings. The Morgan fingerprint density at radius 3 is 1.06 bits per heavy atom. The molecule has 0 aliphatic rings. The third kappa shape index (κ3) is 47.6. The molecular formula is C56H94O6. The highest BCUT2D eigenvalue weighted by Gasteiger charge is 2.19. The summed E-state index contributed by atoms with van der Waals surface area (Å²) in [6, 6.07) is 0. The van der Waals surface area contributed by atoms with E-state index in [2.05, 4.69) is 106 Å². The summed E-state index contributed by atoms with van der Waals surface area (Å²) >= 11 is 0. The maximum absolute atomic E-state index is 12.8. The minimum Gasteiger partial charge on any atom is -0.462 e. The maximum atomic E-state index is 12.8. The lowest BCUT2D eigenvalue weighted by molar-refractivity contribution is -0.167. The van der Waals surface area contributed by atoms with Crippen LogP contribution in [0.4, 0.5) is 0 Å². The summed E-state index contributed by atoms with van der Waals surface area (Å²) in [6.45, 7) is 6.34. The Labute approximate surface area is 382 Å². The molecule has 354 valence electrons. The van der Waals surface area contributed by atoms with Gasteiger partial charge in [-0.05, 0) is 103 Å². The average Bonchev–Trinajstić information content (AvgIpc) is 3.27. The van der Waals surface area contributed by atoms with Crippen LogP contribution in [0.1, 0.15) is 233 Å². The molecule has 62 heavy (non-hydrogen) atoms. The van der Waals surface area contributed by atoms with Gasteiger partial charge in [-0.3, -0.25) is 14.4 Å². The van der Waals surface area contributed by atoms with E-state index >= 15 is 0 Å². The monoisotopic (exact) mass is 863 g/mol. The van der Waals surface area contributed by atoms with Crippen LogP contribution in [0.5, 0.6) is 0 Å². The van der Waals surface area contributed by atoms with Crippen LogP contribution in [0.15, 0.2) is 85.1 Å². The number of ether oxygens (including phenoxy) is 3. The number of esters is 3. The number of carbonyl (C=O) groups excluding carboxylic acids is 3.